The van der Waals surface area contributed by atoms with Gasteiger partial charge in [-0.1, -0.05) is 13.8 Å². The second kappa shape index (κ2) is 7.25. The highest BCUT2D eigenvalue weighted by Gasteiger charge is 2.13. The smallest absolute Gasteiger partial charge is 0.135 e. The van der Waals surface area contributed by atoms with Gasteiger partial charge >= 0.3 is 0 Å². The number of anilines is 2. The maximum Gasteiger partial charge on any atom is 0.135 e. The molecule has 0 aromatic carbocycles. The summed E-state index contributed by atoms with van der Waals surface area (Å²) in [6, 6.07) is 1.87. The molecule has 1 atom stereocenters. The monoisotopic (exact) mass is 268 g/mol. The van der Waals surface area contributed by atoms with Crippen LogP contribution in [0.5, 0.6) is 0 Å². The van der Waals surface area contributed by atoms with Gasteiger partial charge in [-0.05, 0) is 0 Å². The fourth-order valence-electron chi connectivity index (χ4n) is 1.69. The molecule has 0 bridgehead atoms. The fourth-order valence-corrected chi connectivity index (χ4v) is 1.69. The van der Waals surface area contributed by atoms with Crippen molar-refractivity contribution >= 4 is 11.6 Å². The highest BCUT2D eigenvalue weighted by molar-refractivity contribution is 5.49. The predicted molar refractivity (Wildman–Crippen MR) is 76.8 cm³/mol. The zero-order valence-corrected chi connectivity index (χ0v) is 12.3. The Kier molecular flexibility index (Phi) is 5.98. The summed E-state index contributed by atoms with van der Waals surface area (Å²) in [6.45, 7) is 4.88. The average Bonchev–Trinajstić information content (AvgIpc) is 2.38. The molecule has 1 unspecified atom stereocenters. The quantitative estimate of drug-likeness (QED) is 0.771. The van der Waals surface area contributed by atoms with Crippen molar-refractivity contribution in [3.8, 4) is 0 Å². The molecule has 6 nitrogen and oxygen atoms in total. The van der Waals surface area contributed by atoms with Gasteiger partial charge in [0.15, 0.2) is 0 Å². The molecule has 0 amide bonds. The van der Waals surface area contributed by atoms with Crippen molar-refractivity contribution in [1.29, 1.82) is 0 Å². The van der Waals surface area contributed by atoms with Crippen molar-refractivity contribution in [2.45, 2.75) is 25.9 Å². The van der Waals surface area contributed by atoms with Gasteiger partial charge in [-0.25, -0.2) is 9.97 Å². The third kappa shape index (κ3) is 4.65. The van der Waals surface area contributed by atoms with Crippen molar-refractivity contribution in [2.24, 2.45) is 0 Å². The van der Waals surface area contributed by atoms with Crippen molar-refractivity contribution in [3.05, 3.63) is 11.9 Å². The number of aromatic nitrogens is 2. The van der Waals surface area contributed by atoms with E-state index in [9.17, 15) is 5.11 Å². The molecule has 0 saturated carbocycles. The number of nitrogens with one attached hydrogen (secondary N) is 1. The van der Waals surface area contributed by atoms with Gasteiger partial charge in [-0.15, -0.1) is 0 Å². The number of aliphatic hydroxyl groups is 1. The summed E-state index contributed by atoms with van der Waals surface area (Å²) < 4.78 is 4.93. The van der Waals surface area contributed by atoms with E-state index >= 15 is 0 Å². The zero-order valence-electron chi connectivity index (χ0n) is 12.3. The van der Waals surface area contributed by atoms with Crippen LogP contribution in [0, 0.1) is 0 Å². The molecule has 0 radical (unpaired) electrons. The number of hydrogen-bond donors (Lipinski definition) is 2. The van der Waals surface area contributed by atoms with Gasteiger partial charge in [0.25, 0.3) is 0 Å². The Balaban J connectivity index is 2.89. The number of nitrogens with zero attached hydrogens (tertiary/aromatic N) is 3. The van der Waals surface area contributed by atoms with E-state index < -0.39 is 6.10 Å². The Morgan fingerprint density at radius 1 is 1.42 bits per heavy atom. The molecule has 0 fully saturated rings. The van der Waals surface area contributed by atoms with Gasteiger partial charge in [0.05, 0.1) is 12.7 Å². The molecule has 0 saturated heterocycles. The van der Waals surface area contributed by atoms with Crippen molar-refractivity contribution in [1.82, 2.24) is 9.97 Å². The number of aliphatic hydroxyl groups excluding tert-OH is 1. The summed E-state index contributed by atoms with van der Waals surface area (Å²) in [7, 11) is 5.30. The lowest BCUT2D eigenvalue weighted by molar-refractivity contribution is 0.0694. The van der Waals surface area contributed by atoms with Crippen LogP contribution < -0.4 is 10.2 Å². The first-order chi connectivity index (χ1) is 8.97. The van der Waals surface area contributed by atoms with E-state index in [4.69, 9.17) is 4.74 Å². The molecule has 1 rings (SSSR count). The Hall–Kier alpha value is -1.40. The minimum absolute atomic E-state index is 0.254. The molecule has 0 aliphatic heterocycles. The lowest BCUT2D eigenvalue weighted by atomic mass is 10.2. The largest absolute Gasteiger partial charge is 0.389 e. The SMILES string of the molecule is CNc1cc(N(C)CC(O)COC)nc(C(C)C)n1. The summed E-state index contributed by atoms with van der Waals surface area (Å²) in [4.78, 5) is 10.8. The summed E-state index contributed by atoms with van der Waals surface area (Å²) in [6.07, 6.45) is -0.537. The van der Waals surface area contributed by atoms with Crippen LogP contribution >= 0.6 is 0 Å². The van der Waals surface area contributed by atoms with E-state index in [1.165, 1.54) is 0 Å². The van der Waals surface area contributed by atoms with Gasteiger partial charge in [0.1, 0.15) is 17.5 Å². The van der Waals surface area contributed by atoms with E-state index in [-0.39, 0.29) is 5.92 Å². The van der Waals surface area contributed by atoms with Crippen molar-refractivity contribution in [3.63, 3.8) is 0 Å². The summed E-state index contributed by atoms with van der Waals surface area (Å²) in [5.41, 5.74) is 0. The minimum Gasteiger partial charge on any atom is -0.389 e. The molecule has 6 heteroatoms. The second-order valence-corrected chi connectivity index (χ2v) is 4.86. The molecule has 0 aliphatic rings. The van der Waals surface area contributed by atoms with Crippen LogP contribution in [-0.4, -0.2) is 55.5 Å². The van der Waals surface area contributed by atoms with Crippen LogP contribution in [0.3, 0.4) is 0 Å². The van der Waals surface area contributed by atoms with Gasteiger partial charge in [0, 0.05) is 39.7 Å². The number of rotatable bonds is 7. The highest BCUT2D eigenvalue weighted by atomic mass is 16.5. The predicted octanol–water partition coefficient (Wildman–Crippen LogP) is 1.09. The number of likely N-dealkylation sites (N-methyl/N-ethyl adjacent to an activating group) is 1. The molecular weight excluding hydrogens is 244 g/mol. The molecule has 0 spiro atoms. The molecule has 1 aromatic heterocycles. The Morgan fingerprint density at radius 3 is 2.63 bits per heavy atom. The molecular formula is C13H24N4O2. The molecule has 0 aliphatic carbocycles. The van der Waals surface area contributed by atoms with Crippen LogP contribution in [0.1, 0.15) is 25.6 Å². The normalized spacial score (nSPS) is 12.6. The van der Waals surface area contributed by atoms with Gasteiger partial charge in [0.2, 0.25) is 0 Å². The van der Waals surface area contributed by atoms with Crippen LogP contribution in [0.25, 0.3) is 0 Å². The van der Waals surface area contributed by atoms with Crippen molar-refractivity contribution in [2.75, 3.05) is 44.6 Å². The van der Waals surface area contributed by atoms with E-state index in [0.717, 1.165) is 17.5 Å². The Bertz CT molecular complexity index is 398. The van der Waals surface area contributed by atoms with Crippen LogP contribution in [0.4, 0.5) is 11.6 Å². The Morgan fingerprint density at radius 2 is 2.11 bits per heavy atom. The third-order valence-electron chi connectivity index (χ3n) is 2.74. The lowest BCUT2D eigenvalue weighted by Gasteiger charge is -2.22. The maximum atomic E-state index is 9.76. The Labute approximate surface area is 114 Å². The zero-order chi connectivity index (χ0) is 14.4. The average molecular weight is 268 g/mol. The maximum absolute atomic E-state index is 9.76. The lowest BCUT2D eigenvalue weighted by Crippen LogP contribution is -2.32. The van der Waals surface area contributed by atoms with Gasteiger partial charge < -0.3 is 20.1 Å². The molecule has 19 heavy (non-hydrogen) atoms. The topological polar surface area (TPSA) is 70.5 Å². The first kappa shape index (κ1) is 15.7. The van der Waals surface area contributed by atoms with Crippen LogP contribution in [-0.2, 0) is 4.74 Å². The van der Waals surface area contributed by atoms with E-state index in [1.54, 1.807) is 7.11 Å². The van der Waals surface area contributed by atoms with Gasteiger partial charge in [-0.2, -0.15) is 0 Å². The summed E-state index contributed by atoms with van der Waals surface area (Å²) in [5.74, 6) is 2.61. The summed E-state index contributed by atoms with van der Waals surface area (Å²) in [5, 5.41) is 12.8. The van der Waals surface area contributed by atoms with Gasteiger partial charge in [-0.3, -0.25) is 0 Å². The molecule has 2 N–H and O–H groups in total. The number of hydrogen-bond acceptors (Lipinski definition) is 6. The minimum atomic E-state index is -0.537. The second-order valence-electron chi connectivity index (χ2n) is 4.86. The standard InChI is InChI=1S/C13H24N4O2/c1-9(2)13-15-11(14-3)6-12(16-13)17(4)7-10(18)8-19-5/h6,9-10,18H,7-8H2,1-5H3,(H,14,15,16). The summed E-state index contributed by atoms with van der Waals surface area (Å²) >= 11 is 0. The van der Waals surface area contributed by atoms with E-state index in [2.05, 4.69) is 29.1 Å². The van der Waals surface area contributed by atoms with Crippen LogP contribution in [0.15, 0.2) is 6.07 Å². The first-order valence-electron chi connectivity index (χ1n) is 6.42. The first-order valence-corrected chi connectivity index (χ1v) is 6.42. The highest BCUT2D eigenvalue weighted by Crippen LogP contribution is 2.19. The molecule has 108 valence electrons. The van der Waals surface area contributed by atoms with E-state index in [0.29, 0.717) is 13.2 Å². The van der Waals surface area contributed by atoms with E-state index in [1.807, 2.05) is 25.1 Å². The van der Waals surface area contributed by atoms with Crippen LogP contribution in [0.2, 0.25) is 0 Å². The number of ether oxygens (including phenoxy) is 1. The molecule has 1 heterocycles. The number of methoxy groups -OCH3 is 1. The fraction of sp³-hybridized carbons (Fsp3) is 0.692. The van der Waals surface area contributed by atoms with Crippen molar-refractivity contribution < 1.29 is 9.84 Å². The third-order valence-corrected chi connectivity index (χ3v) is 2.74. The molecule has 1 aromatic rings.